The summed E-state index contributed by atoms with van der Waals surface area (Å²) < 4.78 is 0. The molecule has 1 aromatic heterocycles. The van der Waals surface area contributed by atoms with Crippen LogP contribution in [-0.4, -0.2) is 11.2 Å². The van der Waals surface area contributed by atoms with Crippen molar-refractivity contribution in [3.63, 3.8) is 0 Å². The van der Waals surface area contributed by atoms with Crippen LogP contribution in [0.15, 0.2) is 16.8 Å². The smallest absolute Gasteiger partial charge is 0.0611 e. The van der Waals surface area contributed by atoms with Crippen molar-refractivity contribution in [2.75, 3.05) is 0 Å². The molecule has 1 aromatic rings. The second kappa shape index (κ2) is 3.19. The average Bonchev–Trinajstić information content (AvgIpc) is 2.58. The molecule has 1 fully saturated rings. The first-order valence-electron chi connectivity index (χ1n) is 4.46. The lowest BCUT2D eigenvalue weighted by molar-refractivity contribution is 0.146. The Balaban J connectivity index is 1.87. The number of hydrogen-bond acceptors (Lipinski definition) is 2. The van der Waals surface area contributed by atoms with Crippen LogP contribution in [0.1, 0.15) is 18.9 Å². The maximum atomic E-state index is 9.74. The van der Waals surface area contributed by atoms with Crippen molar-refractivity contribution in [2.24, 2.45) is 11.8 Å². The van der Waals surface area contributed by atoms with Crippen molar-refractivity contribution >= 4 is 11.3 Å². The Morgan fingerprint density at radius 1 is 1.75 bits per heavy atom. The molecule has 1 heterocycles. The summed E-state index contributed by atoms with van der Waals surface area (Å²) in [5.41, 5.74) is 1.28. The van der Waals surface area contributed by atoms with E-state index in [9.17, 15) is 5.11 Å². The van der Waals surface area contributed by atoms with Crippen LogP contribution in [0.4, 0.5) is 0 Å². The van der Waals surface area contributed by atoms with Crippen LogP contribution in [0.2, 0.25) is 0 Å². The van der Waals surface area contributed by atoms with E-state index in [2.05, 4.69) is 23.8 Å². The van der Waals surface area contributed by atoms with Crippen molar-refractivity contribution in [1.82, 2.24) is 0 Å². The molecule has 0 saturated heterocycles. The SMILES string of the molecule is CC1CC1C(O)Cc1ccsc1. The highest BCUT2D eigenvalue weighted by Gasteiger charge is 2.38. The second-order valence-corrected chi connectivity index (χ2v) is 4.56. The first kappa shape index (κ1) is 8.27. The Hall–Kier alpha value is -0.340. The van der Waals surface area contributed by atoms with Gasteiger partial charge in [-0.05, 0) is 47.1 Å². The zero-order valence-electron chi connectivity index (χ0n) is 7.23. The largest absolute Gasteiger partial charge is 0.392 e. The topological polar surface area (TPSA) is 20.2 Å². The third-order valence-corrected chi connectivity index (χ3v) is 3.42. The molecule has 0 amide bonds. The summed E-state index contributed by atoms with van der Waals surface area (Å²) in [6, 6.07) is 2.10. The van der Waals surface area contributed by atoms with Gasteiger partial charge in [0, 0.05) is 0 Å². The summed E-state index contributed by atoms with van der Waals surface area (Å²) in [6.45, 7) is 2.21. The van der Waals surface area contributed by atoms with E-state index in [-0.39, 0.29) is 6.10 Å². The molecule has 0 aromatic carbocycles. The Bertz CT molecular complexity index is 242. The van der Waals surface area contributed by atoms with Crippen LogP contribution in [-0.2, 0) is 6.42 Å². The zero-order valence-corrected chi connectivity index (χ0v) is 8.05. The fourth-order valence-electron chi connectivity index (χ4n) is 1.69. The Morgan fingerprint density at radius 2 is 2.50 bits per heavy atom. The third kappa shape index (κ3) is 1.70. The highest BCUT2D eigenvalue weighted by Crippen LogP contribution is 2.41. The van der Waals surface area contributed by atoms with Gasteiger partial charge in [-0.1, -0.05) is 6.92 Å². The molecule has 1 N–H and O–H groups in total. The molecular weight excluding hydrogens is 168 g/mol. The van der Waals surface area contributed by atoms with Gasteiger partial charge in [0.2, 0.25) is 0 Å². The molecule has 1 saturated carbocycles. The van der Waals surface area contributed by atoms with Crippen molar-refractivity contribution in [3.05, 3.63) is 22.4 Å². The van der Waals surface area contributed by atoms with Gasteiger partial charge in [0.15, 0.2) is 0 Å². The Labute approximate surface area is 77.0 Å². The number of aliphatic hydroxyl groups excluding tert-OH is 1. The van der Waals surface area contributed by atoms with Gasteiger partial charge in [-0.25, -0.2) is 0 Å². The minimum absolute atomic E-state index is 0.102. The van der Waals surface area contributed by atoms with Crippen LogP contribution in [0.25, 0.3) is 0 Å². The van der Waals surface area contributed by atoms with Gasteiger partial charge >= 0.3 is 0 Å². The minimum atomic E-state index is -0.102. The number of hydrogen-bond donors (Lipinski definition) is 1. The first-order valence-corrected chi connectivity index (χ1v) is 5.41. The number of thiophene rings is 1. The average molecular weight is 182 g/mol. The summed E-state index contributed by atoms with van der Waals surface area (Å²) in [7, 11) is 0. The van der Waals surface area contributed by atoms with Crippen LogP contribution in [0.3, 0.4) is 0 Å². The molecule has 0 bridgehead atoms. The maximum absolute atomic E-state index is 9.74. The van der Waals surface area contributed by atoms with Gasteiger partial charge in [0.25, 0.3) is 0 Å². The second-order valence-electron chi connectivity index (χ2n) is 3.78. The molecule has 3 atom stereocenters. The van der Waals surface area contributed by atoms with E-state index in [0.29, 0.717) is 5.92 Å². The molecule has 0 aliphatic heterocycles. The van der Waals surface area contributed by atoms with Gasteiger partial charge in [-0.15, -0.1) is 0 Å². The van der Waals surface area contributed by atoms with Crippen LogP contribution < -0.4 is 0 Å². The van der Waals surface area contributed by atoms with Crippen molar-refractivity contribution in [1.29, 1.82) is 0 Å². The van der Waals surface area contributed by atoms with Crippen LogP contribution in [0, 0.1) is 11.8 Å². The molecule has 1 aliphatic rings. The van der Waals surface area contributed by atoms with E-state index in [0.717, 1.165) is 12.3 Å². The molecular formula is C10H14OS. The lowest BCUT2D eigenvalue weighted by Crippen LogP contribution is -2.13. The van der Waals surface area contributed by atoms with Crippen LogP contribution >= 0.6 is 11.3 Å². The molecule has 0 radical (unpaired) electrons. The van der Waals surface area contributed by atoms with E-state index >= 15 is 0 Å². The quantitative estimate of drug-likeness (QED) is 0.760. The summed E-state index contributed by atoms with van der Waals surface area (Å²) in [5, 5.41) is 13.9. The highest BCUT2D eigenvalue weighted by atomic mass is 32.1. The Kier molecular flexibility index (Phi) is 2.20. The van der Waals surface area contributed by atoms with Gasteiger partial charge in [-0.3, -0.25) is 0 Å². The molecule has 0 spiro atoms. The molecule has 3 unspecified atom stereocenters. The normalized spacial score (nSPS) is 30.2. The van der Waals surface area contributed by atoms with E-state index in [1.807, 2.05) is 0 Å². The lowest BCUT2D eigenvalue weighted by atomic mass is 10.1. The first-order chi connectivity index (χ1) is 5.77. The summed E-state index contributed by atoms with van der Waals surface area (Å²) in [6.07, 6.45) is 1.96. The van der Waals surface area contributed by atoms with E-state index in [4.69, 9.17) is 0 Å². The summed E-state index contributed by atoms with van der Waals surface area (Å²) >= 11 is 1.70. The van der Waals surface area contributed by atoms with Crippen molar-refractivity contribution in [2.45, 2.75) is 25.9 Å². The lowest BCUT2D eigenvalue weighted by Gasteiger charge is -2.07. The maximum Gasteiger partial charge on any atom is 0.0611 e. The third-order valence-electron chi connectivity index (χ3n) is 2.69. The predicted octanol–water partition coefficient (Wildman–Crippen LogP) is 2.31. The van der Waals surface area contributed by atoms with Gasteiger partial charge < -0.3 is 5.11 Å². The molecule has 12 heavy (non-hydrogen) atoms. The van der Waals surface area contributed by atoms with Gasteiger partial charge in [0.05, 0.1) is 6.10 Å². The monoisotopic (exact) mass is 182 g/mol. The predicted molar refractivity (Wildman–Crippen MR) is 51.3 cm³/mol. The number of aliphatic hydroxyl groups is 1. The van der Waals surface area contributed by atoms with E-state index in [1.54, 1.807) is 11.3 Å². The van der Waals surface area contributed by atoms with E-state index < -0.39 is 0 Å². The van der Waals surface area contributed by atoms with Gasteiger partial charge in [-0.2, -0.15) is 11.3 Å². The van der Waals surface area contributed by atoms with Crippen molar-refractivity contribution < 1.29 is 5.11 Å². The van der Waals surface area contributed by atoms with Crippen LogP contribution in [0.5, 0.6) is 0 Å². The molecule has 1 nitrogen and oxygen atoms in total. The van der Waals surface area contributed by atoms with E-state index in [1.165, 1.54) is 12.0 Å². The minimum Gasteiger partial charge on any atom is -0.392 e. The van der Waals surface area contributed by atoms with Crippen molar-refractivity contribution in [3.8, 4) is 0 Å². The Morgan fingerprint density at radius 3 is 3.00 bits per heavy atom. The molecule has 2 heteroatoms. The molecule has 2 rings (SSSR count). The summed E-state index contributed by atoms with van der Waals surface area (Å²) in [4.78, 5) is 0. The fourth-order valence-corrected chi connectivity index (χ4v) is 2.37. The van der Waals surface area contributed by atoms with Gasteiger partial charge in [0.1, 0.15) is 0 Å². The number of rotatable bonds is 3. The summed E-state index contributed by atoms with van der Waals surface area (Å²) in [5.74, 6) is 1.32. The molecule has 66 valence electrons. The highest BCUT2D eigenvalue weighted by molar-refractivity contribution is 7.07. The standard InChI is InChI=1S/C10H14OS/c1-7-4-9(7)10(11)5-8-2-3-12-6-8/h2-3,6-7,9-11H,4-5H2,1H3. The fraction of sp³-hybridized carbons (Fsp3) is 0.600. The molecule has 1 aliphatic carbocycles. The zero-order chi connectivity index (χ0) is 8.55.